The molecule has 98 valence electrons. The van der Waals surface area contributed by atoms with E-state index in [1.54, 1.807) is 32.2 Å². The monoisotopic (exact) mass is 314 g/mol. The summed E-state index contributed by atoms with van der Waals surface area (Å²) in [5.41, 5.74) is 5.21. The molecule has 0 aliphatic heterocycles. The molecule has 0 bridgehead atoms. The molecule has 0 aliphatic carbocycles. The molecule has 1 aromatic rings. The molecule has 0 radical (unpaired) electrons. The molecule has 6 nitrogen and oxygen atoms in total. The van der Waals surface area contributed by atoms with Crippen molar-refractivity contribution in [2.75, 3.05) is 6.54 Å². The van der Waals surface area contributed by atoms with E-state index in [0.717, 1.165) is 4.47 Å². The molecule has 0 aliphatic rings. The summed E-state index contributed by atoms with van der Waals surface area (Å²) in [7, 11) is 0. The molecule has 4 N–H and O–H groups in total. The van der Waals surface area contributed by atoms with Crippen molar-refractivity contribution in [3.05, 3.63) is 28.5 Å². The van der Waals surface area contributed by atoms with E-state index < -0.39 is 5.41 Å². The summed E-state index contributed by atoms with van der Waals surface area (Å²) < 4.78 is 0.802. The number of nitrogens with zero attached hydrogens (tertiary/aromatic N) is 2. The molecular formula is C11H15BrN4O2. The quantitative estimate of drug-likeness (QED) is 0.338. The SMILES string of the molecule is CC(C)(CNC(=O)c1ccc(Br)cn1)/C(N)=N/O. The van der Waals surface area contributed by atoms with Crippen molar-refractivity contribution in [1.82, 2.24) is 10.3 Å². The van der Waals surface area contributed by atoms with Crippen LogP contribution in [0.2, 0.25) is 0 Å². The lowest BCUT2D eigenvalue weighted by Crippen LogP contribution is -2.42. The summed E-state index contributed by atoms with van der Waals surface area (Å²) in [5.74, 6) is -0.243. The molecule has 7 heteroatoms. The highest BCUT2D eigenvalue weighted by Gasteiger charge is 2.24. The third kappa shape index (κ3) is 3.69. The van der Waals surface area contributed by atoms with E-state index in [9.17, 15) is 4.79 Å². The Balaban J connectivity index is 2.64. The van der Waals surface area contributed by atoms with E-state index in [-0.39, 0.29) is 18.3 Å². The minimum absolute atomic E-state index is 0.0616. The number of pyridine rings is 1. The van der Waals surface area contributed by atoms with Crippen molar-refractivity contribution in [2.24, 2.45) is 16.3 Å². The number of nitrogens with two attached hydrogens (primary N) is 1. The van der Waals surface area contributed by atoms with E-state index in [4.69, 9.17) is 10.9 Å². The summed E-state index contributed by atoms with van der Waals surface area (Å²) in [4.78, 5) is 15.8. The number of oxime groups is 1. The van der Waals surface area contributed by atoms with Gasteiger partial charge in [0.2, 0.25) is 0 Å². The van der Waals surface area contributed by atoms with Gasteiger partial charge in [-0.3, -0.25) is 4.79 Å². The number of amidine groups is 1. The van der Waals surface area contributed by atoms with Crippen LogP contribution in [0.3, 0.4) is 0 Å². The Morgan fingerprint density at radius 3 is 2.78 bits per heavy atom. The van der Waals surface area contributed by atoms with Gasteiger partial charge in [-0.25, -0.2) is 4.98 Å². The zero-order chi connectivity index (χ0) is 13.8. The minimum atomic E-state index is -0.625. The van der Waals surface area contributed by atoms with Gasteiger partial charge in [-0.05, 0) is 28.1 Å². The minimum Gasteiger partial charge on any atom is -0.409 e. The Labute approximate surface area is 113 Å². The predicted octanol–water partition coefficient (Wildman–Crippen LogP) is 1.35. The Bertz CT molecular complexity index is 457. The first kappa shape index (κ1) is 14.4. The third-order valence-corrected chi connectivity index (χ3v) is 2.92. The van der Waals surface area contributed by atoms with Gasteiger partial charge < -0.3 is 16.3 Å². The molecule has 18 heavy (non-hydrogen) atoms. The number of amides is 1. The van der Waals surface area contributed by atoms with E-state index in [0.29, 0.717) is 5.69 Å². The van der Waals surface area contributed by atoms with Gasteiger partial charge in [0.15, 0.2) is 0 Å². The molecule has 0 atom stereocenters. The van der Waals surface area contributed by atoms with Gasteiger partial charge in [-0.1, -0.05) is 19.0 Å². The molecule has 1 rings (SSSR count). The molecule has 1 heterocycles. The second-order valence-corrected chi connectivity index (χ2v) is 5.33. The van der Waals surface area contributed by atoms with Crippen LogP contribution in [0.15, 0.2) is 28.0 Å². The van der Waals surface area contributed by atoms with Gasteiger partial charge in [-0.2, -0.15) is 0 Å². The van der Waals surface area contributed by atoms with Gasteiger partial charge in [0.25, 0.3) is 5.91 Å². The lowest BCUT2D eigenvalue weighted by molar-refractivity contribution is 0.0939. The maximum Gasteiger partial charge on any atom is 0.269 e. The van der Waals surface area contributed by atoms with Crippen LogP contribution in [0.25, 0.3) is 0 Å². The average molecular weight is 315 g/mol. The van der Waals surface area contributed by atoms with Crippen LogP contribution >= 0.6 is 15.9 Å². The van der Waals surface area contributed by atoms with Crippen molar-refractivity contribution in [3.63, 3.8) is 0 Å². The maximum absolute atomic E-state index is 11.8. The highest BCUT2D eigenvalue weighted by Crippen LogP contribution is 2.13. The molecule has 0 aromatic carbocycles. The number of hydrogen-bond donors (Lipinski definition) is 3. The fourth-order valence-corrected chi connectivity index (χ4v) is 1.36. The summed E-state index contributed by atoms with van der Waals surface area (Å²) in [6, 6.07) is 3.34. The number of nitrogens with one attached hydrogen (secondary N) is 1. The molecule has 0 fully saturated rings. The first-order valence-corrected chi connectivity index (χ1v) is 6.04. The molecule has 1 amide bonds. The molecule has 0 unspecified atom stereocenters. The van der Waals surface area contributed by atoms with Crippen LogP contribution in [-0.2, 0) is 0 Å². The van der Waals surface area contributed by atoms with Gasteiger partial charge in [0.1, 0.15) is 11.5 Å². The zero-order valence-electron chi connectivity index (χ0n) is 10.1. The van der Waals surface area contributed by atoms with Crippen LogP contribution < -0.4 is 11.1 Å². The largest absolute Gasteiger partial charge is 0.409 e. The van der Waals surface area contributed by atoms with E-state index in [1.165, 1.54) is 0 Å². The standard InChI is InChI=1S/C11H15BrN4O2/c1-11(2,10(13)16-18)6-15-9(17)8-4-3-7(12)5-14-8/h3-5,18H,6H2,1-2H3,(H2,13,16)(H,15,17). The van der Waals surface area contributed by atoms with Crippen molar-refractivity contribution < 1.29 is 10.0 Å². The highest BCUT2D eigenvalue weighted by molar-refractivity contribution is 9.10. The number of aromatic nitrogens is 1. The van der Waals surface area contributed by atoms with Crippen LogP contribution in [0.4, 0.5) is 0 Å². The smallest absolute Gasteiger partial charge is 0.269 e. The average Bonchev–Trinajstić information content (AvgIpc) is 2.35. The molecule has 1 aromatic heterocycles. The predicted molar refractivity (Wildman–Crippen MR) is 71.5 cm³/mol. The molecule has 0 spiro atoms. The van der Waals surface area contributed by atoms with E-state index in [1.807, 2.05) is 0 Å². The van der Waals surface area contributed by atoms with Crippen LogP contribution in [0, 0.1) is 5.41 Å². The number of rotatable bonds is 4. The second kappa shape index (κ2) is 5.81. The topological polar surface area (TPSA) is 101 Å². The number of carbonyl (C=O) groups excluding carboxylic acids is 1. The molecule has 0 saturated carbocycles. The number of halogens is 1. The third-order valence-electron chi connectivity index (χ3n) is 2.45. The van der Waals surface area contributed by atoms with Crippen LogP contribution in [-0.4, -0.2) is 28.5 Å². The maximum atomic E-state index is 11.8. The van der Waals surface area contributed by atoms with Gasteiger partial charge in [0.05, 0.1) is 0 Å². The number of carbonyl (C=O) groups is 1. The lowest BCUT2D eigenvalue weighted by Gasteiger charge is -2.22. The Hall–Kier alpha value is -1.63. The first-order valence-electron chi connectivity index (χ1n) is 5.24. The van der Waals surface area contributed by atoms with Crippen molar-refractivity contribution in [3.8, 4) is 0 Å². The van der Waals surface area contributed by atoms with Crippen molar-refractivity contribution in [1.29, 1.82) is 0 Å². The summed E-state index contributed by atoms with van der Waals surface area (Å²) in [5, 5.41) is 14.2. The highest BCUT2D eigenvalue weighted by atomic mass is 79.9. The number of hydrogen-bond acceptors (Lipinski definition) is 4. The zero-order valence-corrected chi connectivity index (χ0v) is 11.7. The summed E-state index contributed by atoms with van der Waals surface area (Å²) >= 11 is 3.24. The first-order chi connectivity index (χ1) is 8.36. The van der Waals surface area contributed by atoms with E-state index in [2.05, 4.69) is 31.4 Å². The Kier molecular flexibility index (Phi) is 4.66. The fourth-order valence-electron chi connectivity index (χ4n) is 1.13. The summed E-state index contributed by atoms with van der Waals surface area (Å²) in [6.07, 6.45) is 1.55. The second-order valence-electron chi connectivity index (χ2n) is 4.41. The van der Waals surface area contributed by atoms with Crippen LogP contribution in [0.1, 0.15) is 24.3 Å². The molecular weight excluding hydrogens is 300 g/mol. The van der Waals surface area contributed by atoms with Gasteiger partial charge in [0, 0.05) is 22.6 Å². The van der Waals surface area contributed by atoms with Crippen molar-refractivity contribution in [2.45, 2.75) is 13.8 Å². The fraction of sp³-hybridized carbons (Fsp3) is 0.364. The normalized spacial score (nSPS) is 12.3. The molecule has 0 saturated heterocycles. The van der Waals surface area contributed by atoms with E-state index >= 15 is 0 Å². The lowest BCUT2D eigenvalue weighted by atomic mass is 9.92. The Morgan fingerprint density at radius 2 is 2.28 bits per heavy atom. The Morgan fingerprint density at radius 1 is 1.61 bits per heavy atom. The van der Waals surface area contributed by atoms with Gasteiger partial charge in [-0.15, -0.1) is 0 Å². The summed E-state index contributed by atoms with van der Waals surface area (Å²) in [6.45, 7) is 3.77. The van der Waals surface area contributed by atoms with Crippen LogP contribution in [0.5, 0.6) is 0 Å². The van der Waals surface area contributed by atoms with Crippen molar-refractivity contribution >= 4 is 27.7 Å². The van der Waals surface area contributed by atoms with Gasteiger partial charge >= 0.3 is 0 Å².